The predicted octanol–water partition coefficient (Wildman–Crippen LogP) is 7.32. The van der Waals surface area contributed by atoms with E-state index in [1.165, 1.54) is 0 Å². The number of aromatic nitrogens is 1. The summed E-state index contributed by atoms with van der Waals surface area (Å²) in [6.07, 6.45) is 0. The molecule has 4 aromatic rings. The highest BCUT2D eigenvalue weighted by Crippen LogP contribution is 2.37. The Morgan fingerprint density at radius 2 is 1.67 bits per heavy atom. The van der Waals surface area contributed by atoms with Crippen LogP contribution in [0.1, 0.15) is 10.4 Å². The van der Waals surface area contributed by atoms with Crippen molar-refractivity contribution in [2.45, 2.75) is 4.90 Å². The Labute approximate surface area is 193 Å². The Balaban J connectivity index is 1.50. The highest BCUT2D eigenvalue weighted by Gasteiger charge is 2.14. The number of carbonyl (C=O) groups excluding carboxylic acids is 1. The molecule has 1 heterocycles. The van der Waals surface area contributed by atoms with Gasteiger partial charge in [-0.2, -0.15) is 0 Å². The molecule has 1 amide bonds. The van der Waals surface area contributed by atoms with Gasteiger partial charge < -0.3 is 10.3 Å². The molecule has 0 atom stereocenters. The fraction of sp³-hybridized carbons (Fsp3) is 0.0870. The summed E-state index contributed by atoms with van der Waals surface area (Å²) < 4.78 is 0. The molecule has 2 N–H and O–H groups in total. The Bertz CT molecular complexity index is 1210. The molecule has 0 unspecified atom stereocenters. The fourth-order valence-electron chi connectivity index (χ4n) is 3.17. The predicted molar refractivity (Wildman–Crippen MR) is 128 cm³/mol. The number of hydrogen-bond donors (Lipinski definition) is 2. The lowest BCUT2D eigenvalue weighted by Gasteiger charge is -2.08. The van der Waals surface area contributed by atoms with Crippen LogP contribution in [0.5, 0.6) is 0 Å². The van der Waals surface area contributed by atoms with Gasteiger partial charge in [-0.05, 0) is 42.0 Å². The largest absolute Gasteiger partial charge is 0.354 e. The van der Waals surface area contributed by atoms with Crippen LogP contribution in [0.25, 0.3) is 22.2 Å². The highest BCUT2D eigenvalue weighted by molar-refractivity contribution is 7.99. The number of rotatable bonds is 6. The average molecular weight is 476 g/mol. The molecule has 0 saturated carbocycles. The summed E-state index contributed by atoms with van der Waals surface area (Å²) in [6, 6.07) is 20.8. The van der Waals surface area contributed by atoms with E-state index in [-0.39, 0.29) is 5.91 Å². The second-order valence-corrected chi connectivity index (χ2v) is 9.00. The number of aromatic amines is 1. The molecule has 30 heavy (non-hydrogen) atoms. The summed E-state index contributed by atoms with van der Waals surface area (Å²) in [5.74, 6) is 0.465. The number of halogens is 3. The first-order valence-electron chi connectivity index (χ1n) is 9.25. The number of carbonyl (C=O) groups is 1. The summed E-state index contributed by atoms with van der Waals surface area (Å²) in [5, 5.41) is 5.62. The Hall–Kier alpha value is -2.11. The first kappa shape index (κ1) is 21.1. The van der Waals surface area contributed by atoms with Crippen molar-refractivity contribution in [1.29, 1.82) is 0 Å². The van der Waals surface area contributed by atoms with Crippen molar-refractivity contribution in [3.63, 3.8) is 0 Å². The Kier molecular flexibility index (Phi) is 6.59. The van der Waals surface area contributed by atoms with E-state index in [9.17, 15) is 4.79 Å². The minimum Gasteiger partial charge on any atom is -0.354 e. The minimum atomic E-state index is -0.236. The van der Waals surface area contributed by atoms with Gasteiger partial charge in [0.05, 0.1) is 16.3 Å². The summed E-state index contributed by atoms with van der Waals surface area (Å²) in [7, 11) is 0. The molecule has 7 heteroatoms. The maximum atomic E-state index is 12.4. The van der Waals surface area contributed by atoms with Crippen LogP contribution in [-0.2, 0) is 0 Å². The molecule has 0 bridgehead atoms. The lowest BCUT2D eigenvalue weighted by Crippen LogP contribution is -2.26. The van der Waals surface area contributed by atoms with E-state index < -0.39 is 0 Å². The van der Waals surface area contributed by atoms with Crippen LogP contribution in [0.3, 0.4) is 0 Å². The van der Waals surface area contributed by atoms with Crippen LogP contribution in [0, 0.1) is 0 Å². The van der Waals surface area contributed by atoms with Gasteiger partial charge in [0, 0.05) is 38.1 Å². The van der Waals surface area contributed by atoms with Crippen LogP contribution in [0.15, 0.2) is 71.6 Å². The molecule has 3 aromatic carbocycles. The Morgan fingerprint density at radius 3 is 2.47 bits per heavy atom. The molecule has 1 aromatic heterocycles. The van der Waals surface area contributed by atoms with Crippen LogP contribution in [0.2, 0.25) is 15.1 Å². The van der Waals surface area contributed by atoms with Crippen molar-refractivity contribution in [2.75, 3.05) is 12.3 Å². The lowest BCUT2D eigenvalue weighted by molar-refractivity contribution is 0.0956. The summed E-state index contributed by atoms with van der Waals surface area (Å²) in [4.78, 5) is 17.1. The normalized spacial score (nSPS) is 11.0. The van der Waals surface area contributed by atoms with Gasteiger partial charge in [0.25, 0.3) is 5.91 Å². The zero-order chi connectivity index (χ0) is 21.1. The van der Waals surface area contributed by atoms with Crippen LogP contribution in [-0.4, -0.2) is 23.2 Å². The molecule has 0 spiro atoms. The van der Waals surface area contributed by atoms with E-state index in [1.807, 2.05) is 36.4 Å². The lowest BCUT2D eigenvalue weighted by atomic mass is 10.1. The van der Waals surface area contributed by atoms with Gasteiger partial charge in [0.15, 0.2) is 0 Å². The summed E-state index contributed by atoms with van der Waals surface area (Å²) in [6.45, 7) is 0.492. The van der Waals surface area contributed by atoms with Crippen molar-refractivity contribution in [3.05, 3.63) is 87.4 Å². The van der Waals surface area contributed by atoms with Crippen molar-refractivity contribution >= 4 is 63.4 Å². The molecule has 0 radical (unpaired) electrons. The van der Waals surface area contributed by atoms with Gasteiger partial charge in [-0.1, -0.05) is 65.1 Å². The fourth-order valence-corrected chi connectivity index (χ4v) is 4.73. The number of amides is 1. The quantitative estimate of drug-likeness (QED) is 0.227. The molecule has 0 fully saturated rings. The van der Waals surface area contributed by atoms with E-state index in [0.29, 0.717) is 32.9 Å². The molecular formula is C23H17Cl3N2OS. The molecule has 0 aliphatic rings. The van der Waals surface area contributed by atoms with E-state index in [2.05, 4.69) is 22.4 Å². The van der Waals surface area contributed by atoms with Gasteiger partial charge in [-0.25, -0.2) is 0 Å². The molecule has 4 rings (SSSR count). The van der Waals surface area contributed by atoms with Crippen LogP contribution >= 0.6 is 46.6 Å². The maximum absolute atomic E-state index is 12.4. The molecular weight excluding hydrogens is 459 g/mol. The van der Waals surface area contributed by atoms with Gasteiger partial charge in [0.1, 0.15) is 0 Å². The third-order valence-electron chi connectivity index (χ3n) is 4.60. The molecule has 0 saturated heterocycles. The van der Waals surface area contributed by atoms with E-state index in [0.717, 1.165) is 27.1 Å². The SMILES string of the molecule is O=C(NCCSc1c(-c2ccc(Cl)cc2)[nH]c2ccccc12)c1cc(Cl)ccc1Cl. The average Bonchev–Trinajstić information content (AvgIpc) is 3.12. The number of thioether (sulfide) groups is 1. The smallest absolute Gasteiger partial charge is 0.252 e. The van der Waals surface area contributed by atoms with Crippen molar-refractivity contribution < 1.29 is 4.79 Å². The number of benzene rings is 3. The second kappa shape index (κ2) is 9.36. The third-order valence-corrected chi connectivity index (χ3v) is 6.54. The van der Waals surface area contributed by atoms with Gasteiger partial charge in [-0.3, -0.25) is 4.79 Å². The number of fused-ring (bicyclic) bond motifs is 1. The maximum Gasteiger partial charge on any atom is 0.252 e. The number of nitrogens with one attached hydrogen (secondary N) is 2. The number of para-hydroxylation sites is 1. The highest BCUT2D eigenvalue weighted by atomic mass is 35.5. The first-order chi connectivity index (χ1) is 14.5. The monoisotopic (exact) mass is 474 g/mol. The second-order valence-electron chi connectivity index (χ2n) is 6.61. The van der Waals surface area contributed by atoms with Gasteiger partial charge >= 0.3 is 0 Å². The van der Waals surface area contributed by atoms with Crippen molar-refractivity contribution in [2.24, 2.45) is 0 Å². The molecule has 0 aliphatic carbocycles. The third kappa shape index (κ3) is 4.62. The molecule has 0 aliphatic heterocycles. The Morgan fingerprint density at radius 1 is 0.933 bits per heavy atom. The van der Waals surface area contributed by atoms with Crippen molar-refractivity contribution in [3.8, 4) is 11.3 Å². The van der Waals surface area contributed by atoms with Gasteiger partial charge in [-0.15, -0.1) is 11.8 Å². The van der Waals surface area contributed by atoms with E-state index in [1.54, 1.807) is 30.0 Å². The molecule has 3 nitrogen and oxygen atoms in total. The number of H-pyrrole nitrogens is 1. The summed E-state index contributed by atoms with van der Waals surface area (Å²) >= 11 is 19.8. The van der Waals surface area contributed by atoms with Crippen LogP contribution < -0.4 is 5.32 Å². The number of hydrogen-bond acceptors (Lipinski definition) is 2. The van der Waals surface area contributed by atoms with Crippen molar-refractivity contribution in [1.82, 2.24) is 10.3 Å². The first-order valence-corrected chi connectivity index (χ1v) is 11.4. The topological polar surface area (TPSA) is 44.9 Å². The van der Waals surface area contributed by atoms with E-state index in [4.69, 9.17) is 34.8 Å². The standard InChI is InChI=1S/C23H17Cl3N2OS/c24-15-7-5-14(6-8-15)21-22(17-3-1-2-4-20(17)28-21)30-12-11-27-23(29)18-13-16(25)9-10-19(18)26/h1-10,13,28H,11-12H2,(H,27,29). The zero-order valence-electron chi connectivity index (χ0n) is 15.7. The van der Waals surface area contributed by atoms with Crippen LogP contribution in [0.4, 0.5) is 0 Å². The summed E-state index contributed by atoms with van der Waals surface area (Å²) in [5.41, 5.74) is 3.55. The minimum absolute atomic E-state index is 0.236. The van der Waals surface area contributed by atoms with Gasteiger partial charge in [0.2, 0.25) is 0 Å². The van der Waals surface area contributed by atoms with E-state index >= 15 is 0 Å². The zero-order valence-corrected chi connectivity index (χ0v) is 18.8. The molecule has 152 valence electrons.